The lowest BCUT2D eigenvalue weighted by molar-refractivity contribution is 0.00578. The summed E-state index contributed by atoms with van der Waals surface area (Å²) < 4.78 is 23.5. The summed E-state index contributed by atoms with van der Waals surface area (Å²) in [4.78, 5) is 27.2. The van der Waals surface area contributed by atoms with E-state index in [0.29, 0.717) is 11.3 Å². The summed E-state index contributed by atoms with van der Waals surface area (Å²) in [6.07, 6.45) is -0.659. The molecule has 2 aliphatic heterocycles. The Bertz CT molecular complexity index is 899. The standard InChI is InChI=1S/C23H34BNO6/c1-20(2,3)29-19(27)25-13-21(4,5)15-11-14(12-16(28-10)17(15)18(25)26)24-30-22(6,7)23(8,9)31-24/h11-12H,13H2,1-10H3. The number of ether oxygens (including phenoxy) is 2. The van der Waals surface area contributed by atoms with Crippen LogP contribution in [0.2, 0.25) is 0 Å². The van der Waals surface area contributed by atoms with E-state index in [1.54, 1.807) is 26.8 Å². The van der Waals surface area contributed by atoms with E-state index in [2.05, 4.69) is 0 Å². The van der Waals surface area contributed by atoms with Crippen LogP contribution in [0.3, 0.4) is 0 Å². The van der Waals surface area contributed by atoms with Crippen molar-refractivity contribution in [3.63, 3.8) is 0 Å². The Balaban J connectivity index is 2.06. The van der Waals surface area contributed by atoms with Crippen molar-refractivity contribution in [3.05, 3.63) is 23.3 Å². The third kappa shape index (κ3) is 4.20. The number of carbonyl (C=O) groups is 2. The van der Waals surface area contributed by atoms with Crippen molar-refractivity contribution in [3.8, 4) is 5.75 Å². The summed E-state index contributed by atoms with van der Waals surface area (Å²) in [6.45, 7) is 17.5. The summed E-state index contributed by atoms with van der Waals surface area (Å²) >= 11 is 0. The molecule has 0 spiro atoms. The Morgan fingerprint density at radius 2 is 1.61 bits per heavy atom. The lowest BCUT2D eigenvalue weighted by atomic mass is 9.71. The Hall–Kier alpha value is -2.06. The first-order chi connectivity index (χ1) is 14.0. The maximum absolute atomic E-state index is 13.3. The van der Waals surface area contributed by atoms with Gasteiger partial charge in [-0.05, 0) is 65.6 Å². The van der Waals surface area contributed by atoms with Gasteiger partial charge in [0.25, 0.3) is 5.91 Å². The number of nitrogens with zero attached hydrogens (tertiary/aromatic N) is 1. The van der Waals surface area contributed by atoms with Crippen LogP contribution in [0, 0.1) is 0 Å². The molecule has 0 radical (unpaired) electrons. The quantitative estimate of drug-likeness (QED) is 0.666. The van der Waals surface area contributed by atoms with Crippen LogP contribution in [-0.2, 0) is 19.5 Å². The highest BCUT2D eigenvalue weighted by molar-refractivity contribution is 6.62. The average molecular weight is 431 g/mol. The zero-order valence-electron chi connectivity index (χ0n) is 20.3. The van der Waals surface area contributed by atoms with E-state index >= 15 is 0 Å². The molecule has 7 nitrogen and oxygen atoms in total. The molecule has 2 amide bonds. The number of hydrogen-bond acceptors (Lipinski definition) is 6. The SMILES string of the molecule is COc1cc(B2OC(C)(C)C(C)(C)O2)cc2c1C(=O)N(C(=O)OC(C)(C)C)CC2(C)C. The molecular formula is C23H34BNO6. The average Bonchev–Trinajstić information content (AvgIpc) is 2.83. The monoisotopic (exact) mass is 431 g/mol. The highest BCUT2D eigenvalue weighted by atomic mass is 16.7. The minimum Gasteiger partial charge on any atom is -0.496 e. The van der Waals surface area contributed by atoms with Crippen LogP contribution in [0.1, 0.15) is 78.2 Å². The second-order valence-electron chi connectivity index (χ2n) is 11.0. The topological polar surface area (TPSA) is 74.3 Å². The third-order valence-corrected chi connectivity index (χ3v) is 6.23. The summed E-state index contributed by atoms with van der Waals surface area (Å²) in [5, 5.41) is 0. The lowest BCUT2D eigenvalue weighted by Gasteiger charge is -2.39. The number of benzene rings is 1. The van der Waals surface area contributed by atoms with Gasteiger partial charge in [-0.1, -0.05) is 19.9 Å². The van der Waals surface area contributed by atoms with Crippen molar-refractivity contribution in [1.82, 2.24) is 4.90 Å². The molecule has 2 aliphatic rings. The van der Waals surface area contributed by atoms with Crippen molar-refractivity contribution in [2.75, 3.05) is 13.7 Å². The first-order valence-electron chi connectivity index (χ1n) is 10.6. The second-order valence-corrected chi connectivity index (χ2v) is 11.0. The van der Waals surface area contributed by atoms with Crippen LogP contribution in [-0.4, -0.2) is 54.5 Å². The van der Waals surface area contributed by atoms with E-state index in [-0.39, 0.29) is 6.54 Å². The van der Waals surface area contributed by atoms with Gasteiger partial charge in [0.05, 0.1) is 23.9 Å². The second kappa shape index (κ2) is 7.24. The summed E-state index contributed by atoms with van der Waals surface area (Å²) in [7, 11) is 0.926. The maximum Gasteiger partial charge on any atom is 0.494 e. The van der Waals surface area contributed by atoms with Gasteiger partial charge in [-0.3, -0.25) is 4.79 Å². The van der Waals surface area contributed by atoms with Crippen molar-refractivity contribution in [1.29, 1.82) is 0 Å². The van der Waals surface area contributed by atoms with E-state index in [4.69, 9.17) is 18.8 Å². The van der Waals surface area contributed by atoms with Crippen molar-refractivity contribution in [2.45, 2.75) is 84.5 Å². The normalized spacial score (nSPS) is 21.7. The van der Waals surface area contributed by atoms with E-state index in [0.717, 1.165) is 15.9 Å². The molecule has 3 rings (SSSR count). The van der Waals surface area contributed by atoms with Crippen LogP contribution >= 0.6 is 0 Å². The molecule has 1 aromatic carbocycles. The highest BCUT2D eigenvalue weighted by Gasteiger charge is 2.52. The first-order valence-corrected chi connectivity index (χ1v) is 10.6. The van der Waals surface area contributed by atoms with E-state index in [9.17, 15) is 9.59 Å². The van der Waals surface area contributed by atoms with Gasteiger partial charge < -0.3 is 18.8 Å². The number of rotatable bonds is 2. The van der Waals surface area contributed by atoms with Crippen molar-refractivity contribution >= 4 is 24.6 Å². The number of imide groups is 1. The predicted molar refractivity (Wildman–Crippen MR) is 119 cm³/mol. The molecular weight excluding hydrogens is 397 g/mol. The zero-order chi connectivity index (χ0) is 23.6. The minimum atomic E-state index is -0.702. The molecule has 1 saturated heterocycles. The molecule has 170 valence electrons. The van der Waals surface area contributed by atoms with Crippen LogP contribution < -0.4 is 10.2 Å². The number of methoxy groups -OCH3 is 1. The van der Waals surface area contributed by atoms with Crippen molar-refractivity contribution in [2.24, 2.45) is 0 Å². The fraction of sp³-hybridized carbons (Fsp3) is 0.652. The largest absolute Gasteiger partial charge is 0.496 e. The Labute approximate surface area is 185 Å². The molecule has 2 heterocycles. The zero-order valence-corrected chi connectivity index (χ0v) is 20.3. The molecule has 8 heteroatoms. The van der Waals surface area contributed by atoms with Crippen LogP contribution in [0.5, 0.6) is 5.75 Å². The molecule has 0 bridgehead atoms. The smallest absolute Gasteiger partial charge is 0.494 e. The predicted octanol–water partition coefficient (Wildman–Crippen LogP) is 3.66. The minimum absolute atomic E-state index is 0.198. The molecule has 0 unspecified atom stereocenters. The molecule has 0 aliphatic carbocycles. The van der Waals surface area contributed by atoms with Gasteiger partial charge in [0, 0.05) is 12.0 Å². The Morgan fingerprint density at radius 1 is 1.06 bits per heavy atom. The fourth-order valence-corrected chi connectivity index (χ4v) is 3.82. The number of fused-ring (bicyclic) bond motifs is 1. The molecule has 0 N–H and O–H groups in total. The van der Waals surface area contributed by atoms with Crippen LogP contribution in [0.15, 0.2) is 12.1 Å². The van der Waals surface area contributed by atoms with Gasteiger partial charge in [-0.2, -0.15) is 0 Å². The van der Waals surface area contributed by atoms with E-state index < -0.39 is 41.3 Å². The van der Waals surface area contributed by atoms with Gasteiger partial charge in [-0.25, -0.2) is 9.69 Å². The van der Waals surface area contributed by atoms with Gasteiger partial charge in [0.1, 0.15) is 11.4 Å². The fourth-order valence-electron chi connectivity index (χ4n) is 3.82. The van der Waals surface area contributed by atoms with Gasteiger partial charge in [-0.15, -0.1) is 0 Å². The first kappa shape index (κ1) is 23.6. The number of amides is 2. The van der Waals surface area contributed by atoms with Crippen LogP contribution in [0.4, 0.5) is 4.79 Å². The van der Waals surface area contributed by atoms with Gasteiger partial charge >= 0.3 is 13.2 Å². The molecule has 0 atom stereocenters. The Kier molecular flexibility index (Phi) is 5.51. The van der Waals surface area contributed by atoms with Gasteiger partial charge in [0.2, 0.25) is 0 Å². The third-order valence-electron chi connectivity index (χ3n) is 6.23. The van der Waals surface area contributed by atoms with Gasteiger partial charge in [0.15, 0.2) is 0 Å². The molecule has 1 fully saturated rings. The van der Waals surface area contributed by atoms with E-state index in [1.165, 1.54) is 7.11 Å². The summed E-state index contributed by atoms with van der Waals surface area (Å²) in [5.41, 5.74) is -0.258. The lowest BCUT2D eigenvalue weighted by Crippen LogP contribution is -2.51. The molecule has 0 aromatic heterocycles. The van der Waals surface area contributed by atoms with Crippen LogP contribution in [0.25, 0.3) is 0 Å². The highest BCUT2D eigenvalue weighted by Crippen LogP contribution is 2.40. The molecule has 0 saturated carbocycles. The Morgan fingerprint density at radius 3 is 2.10 bits per heavy atom. The van der Waals surface area contributed by atoms with E-state index in [1.807, 2.05) is 47.6 Å². The maximum atomic E-state index is 13.3. The molecule has 31 heavy (non-hydrogen) atoms. The summed E-state index contributed by atoms with van der Waals surface area (Å²) in [5.74, 6) is -0.0468. The number of hydrogen-bond donors (Lipinski definition) is 0. The van der Waals surface area contributed by atoms with Crippen molar-refractivity contribution < 1.29 is 28.4 Å². The summed E-state index contributed by atoms with van der Waals surface area (Å²) in [6, 6.07) is 3.69. The molecule has 1 aromatic rings. The number of carbonyl (C=O) groups excluding carboxylic acids is 2.